The van der Waals surface area contributed by atoms with Crippen LogP contribution in [0.4, 0.5) is 34.9 Å². The van der Waals surface area contributed by atoms with Crippen molar-refractivity contribution >= 4 is 23.2 Å². The summed E-state index contributed by atoms with van der Waals surface area (Å²) in [4.78, 5) is 18.9. The minimum absolute atomic E-state index is 0.00393. The Morgan fingerprint density at radius 1 is 1.25 bits per heavy atom. The van der Waals surface area contributed by atoms with Gasteiger partial charge in [-0.3, -0.25) is 4.79 Å². The minimum Gasteiger partial charge on any atom is -0.396 e. The van der Waals surface area contributed by atoms with Crippen molar-refractivity contribution in [3.63, 3.8) is 0 Å². The number of alkyl halides is 4. The van der Waals surface area contributed by atoms with Crippen molar-refractivity contribution in [2.24, 2.45) is 5.92 Å². The van der Waals surface area contributed by atoms with E-state index in [2.05, 4.69) is 15.6 Å². The molecule has 0 aromatic carbocycles. The van der Waals surface area contributed by atoms with E-state index in [1.54, 1.807) is 11.9 Å². The van der Waals surface area contributed by atoms with E-state index in [0.29, 0.717) is 24.6 Å². The fourth-order valence-electron chi connectivity index (χ4n) is 3.87. The van der Waals surface area contributed by atoms with Crippen LogP contribution in [0, 0.1) is 5.92 Å². The first kappa shape index (κ1) is 20.5. The number of hydrogen-bond donors (Lipinski definition) is 3. The van der Waals surface area contributed by atoms with Gasteiger partial charge in [0.1, 0.15) is 12.0 Å². The molecule has 2 aliphatic rings. The molecule has 1 aromatic heterocycles. The van der Waals surface area contributed by atoms with E-state index >= 15 is 0 Å². The number of pyridine rings is 1. The molecule has 156 valence electrons. The van der Waals surface area contributed by atoms with Crippen molar-refractivity contribution in [2.75, 3.05) is 36.1 Å². The maximum Gasteiger partial charge on any atom is 0.391 e. The van der Waals surface area contributed by atoms with Crippen molar-refractivity contribution < 1.29 is 22.4 Å². The van der Waals surface area contributed by atoms with Gasteiger partial charge in [-0.05, 0) is 38.2 Å². The molecule has 0 unspecified atom stereocenters. The van der Waals surface area contributed by atoms with Gasteiger partial charge < -0.3 is 21.3 Å². The van der Waals surface area contributed by atoms with Crippen LogP contribution in [0.3, 0.4) is 0 Å². The second-order valence-corrected chi connectivity index (χ2v) is 7.44. The number of nitrogens with two attached hydrogens (primary N) is 1. The van der Waals surface area contributed by atoms with Gasteiger partial charge in [-0.1, -0.05) is 0 Å². The SMILES string of the molecule is CNc1nc(N2CC[C@@H](F)C2)c(C(=O)NC2CCC(C(F)(F)F)CC2)cc1N. The Balaban J connectivity index is 1.75. The van der Waals surface area contributed by atoms with Crippen molar-refractivity contribution in [1.82, 2.24) is 10.3 Å². The largest absolute Gasteiger partial charge is 0.396 e. The van der Waals surface area contributed by atoms with Crippen LogP contribution in [0.5, 0.6) is 0 Å². The summed E-state index contributed by atoms with van der Waals surface area (Å²) in [5.41, 5.74) is 6.42. The highest BCUT2D eigenvalue weighted by molar-refractivity contribution is 6.00. The molecule has 1 saturated heterocycles. The van der Waals surface area contributed by atoms with Crippen LogP contribution in [0.1, 0.15) is 42.5 Å². The zero-order chi connectivity index (χ0) is 20.5. The molecular formula is C18H25F4N5O. The maximum atomic E-state index is 13.7. The molecule has 0 bridgehead atoms. The zero-order valence-corrected chi connectivity index (χ0v) is 15.7. The summed E-state index contributed by atoms with van der Waals surface area (Å²) in [6.07, 6.45) is -4.32. The molecule has 2 fully saturated rings. The van der Waals surface area contributed by atoms with Crippen LogP contribution in [-0.2, 0) is 0 Å². The van der Waals surface area contributed by atoms with Crippen LogP contribution < -0.4 is 21.3 Å². The number of rotatable bonds is 4. The Bertz CT molecular complexity index is 719. The summed E-state index contributed by atoms with van der Waals surface area (Å²) in [6, 6.07) is 1.15. The van der Waals surface area contributed by atoms with Gasteiger partial charge >= 0.3 is 6.18 Å². The lowest BCUT2D eigenvalue weighted by atomic mass is 9.85. The number of aromatic nitrogens is 1. The van der Waals surface area contributed by atoms with Gasteiger partial charge in [-0.25, -0.2) is 9.37 Å². The molecule has 1 amide bonds. The van der Waals surface area contributed by atoms with Gasteiger partial charge in [0.05, 0.1) is 23.7 Å². The van der Waals surface area contributed by atoms with Gasteiger partial charge in [0.15, 0.2) is 5.82 Å². The molecular weight excluding hydrogens is 378 g/mol. The molecule has 2 heterocycles. The highest BCUT2D eigenvalue weighted by atomic mass is 19.4. The van der Waals surface area contributed by atoms with E-state index in [1.165, 1.54) is 6.07 Å². The predicted octanol–water partition coefficient (Wildman–Crippen LogP) is 3.10. The van der Waals surface area contributed by atoms with Crippen molar-refractivity contribution in [3.8, 4) is 0 Å². The van der Waals surface area contributed by atoms with Crippen molar-refractivity contribution in [2.45, 2.75) is 50.5 Å². The first-order valence-corrected chi connectivity index (χ1v) is 9.44. The summed E-state index contributed by atoms with van der Waals surface area (Å²) in [6.45, 7) is 0.565. The number of halogens is 4. The molecule has 4 N–H and O–H groups in total. The lowest BCUT2D eigenvalue weighted by Gasteiger charge is -2.30. The first-order valence-electron chi connectivity index (χ1n) is 9.44. The number of nitrogens with one attached hydrogen (secondary N) is 2. The van der Waals surface area contributed by atoms with E-state index < -0.39 is 24.2 Å². The molecule has 0 spiro atoms. The molecule has 10 heteroatoms. The molecule has 6 nitrogen and oxygen atoms in total. The third-order valence-electron chi connectivity index (χ3n) is 5.47. The molecule has 0 radical (unpaired) electrons. The summed E-state index contributed by atoms with van der Waals surface area (Å²) < 4.78 is 52.1. The third-order valence-corrected chi connectivity index (χ3v) is 5.47. The van der Waals surface area contributed by atoms with Gasteiger partial charge in [0.25, 0.3) is 5.91 Å². The van der Waals surface area contributed by atoms with E-state index in [4.69, 9.17) is 5.73 Å². The predicted molar refractivity (Wildman–Crippen MR) is 99.2 cm³/mol. The van der Waals surface area contributed by atoms with E-state index in [9.17, 15) is 22.4 Å². The second-order valence-electron chi connectivity index (χ2n) is 7.44. The third kappa shape index (κ3) is 4.41. The Morgan fingerprint density at radius 2 is 1.93 bits per heavy atom. The molecule has 1 aliphatic carbocycles. The van der Waals surface area contributed by atoms with Crippen LogP contribution >= 0.6 is 0 Å². The van der Waals surface area contributed by atoms with Gasteiger partial charge in [0, 0.05) is 19.6 Å². The highest BCUT2D eigenvalue weighted by Crippen LogP contribution is 2.37. The van der Waals surface area contributed by atoms with E-state index in [-0.39, 0.29) is 49.5 Å². The molecule has 1 atom stereocenters. The zero-order valence-electron chi connectivity index (χ0n) is 15.7. The topological polar surface area (TPSA) is 83.3 Å². The molecule has 3 rings (SSSR count). The standard InChI is InChI=1S/C18H25F4N5O/c1-24-15-14(23)8-13(16(26-15)27-7-6-11(19)9-27)17(28)25-12-4-2-10(3-5-12)18(20,21)22/h8,10-12H,2-7,9,23H2,1H3,(H,24,26)(H,25,28)/t10?,11-,12?/m1/s1. The van der Waals surface area contributed by atoms with Crippen LogP contribution in [-0.4, -0.2) is 49.4 Å². The number of hydrogen-bond acceptors (Lipinski definition) is 5. The van der Waals surface area contributed by atoms with Crippen molar-refractivity contribution in [3.05, 3.63) is 11.6 Å². The van der Waals surface area contributed by atoms with E-state index in [1.807, 2.05) is 0 Å². The fourth-order valence-corrected chi connectivity index (χ4v) is 3.87. The Kier molecular flexibility index (Phi) is 5.85. The average molecular weight is 403 g/mol. The van der Waals surface area contributed by atoms with Crippen LogP contribution in [0.15, 0.2) is 6.07 Å². The lowest BCUT2D eigenvalue weighted by molar-refractivity contribution is -0.182. The van der Waals surface area contributed by atoms with Crippen LogP contribution in [0.25, 0.3) is 0 Å². The monoisotopic (exact) mass is 403 g/mol. The smallest absolute Gasteiger partial charge is 0.391 e. The molecule has 1 saturated carbocycles. The normalized spacial score (nSPS) is 25.6. The van der Waals surface area contributed by atoms with Gasteiger partial charge in [-0.15, -0.1) is 0 Å². The quantitative estimate of drug-likeness (QED) is 0.673. The van der Waals surface area contributed by atoms with Gasteiger partial charge in [0.2, 0.25) is 0 Å². The first-order chi connectivity index (χ1) is 13.2. The maximum absolute atomic E-state index is 13.7. The Morgan fingerprint density at radius 3 is 2.46 bits per heavy atom. The minimum atomic E-state index is -4.19. The number of nitrogen functional groups attached to an aromatic ring is 1. The number of nitrogens with zero attached hydrogens (tertiary/aromatic N) is 2. The van der Waals surface area contributed by atoms with Gasteiger partial charge in [-0.2, -0.15) is 13.2 Å². The summed E-state index contributed by atoms with van der Waals surface area (Å²) in [5, 5.41) is 5.65. The Hall–Kier alpha value is -2.26. The number of anilines is 3. The van der Waals surface area contributed by atoms with E-state index in [0.717, 1.165) is 0 Å². The van der Waals surface area contributed by atoms with Crippen LogP contribution in [0.2, 0.25) is 0 Å². The lowest BCUT2D eigenvalue weighted by Crippen LogP contribution is -2.40. The highest BCUT2D eigenvalue weighted by Gasteiger charge is 2.41. The molecule has 28 heavy (non-hydrogen) atoms. The molecule has 1 aliphatic heterocycles. The summed E-state index contributed by atoms with van der Waals surface area (Å²) in [7, 11) is 1.64. The fraction of sp³-hybridized carbons (Fsp3) is 0.667. The average Bonchev–Trinajstić information content (AvgIpc) is 3.07. The molecule has 1 aromatic rings. The summed E-state index contributed by atoms with van der Waals surface area (Å²) in [5.74, 6) is -1.04. The Labute approximate surface area is 160 Å². The number of carbonyl (C=O) groups excluding carboxylic acids is 1. The van der Waals surface area contributed by atoms with Crippen molar-refractivity contribution in [1.29, 1.82) is 0 Å². The second kappa shape index (κ2) is 8.00. The summed E-state index contributed by atoms with van der Waals surface area (Å²) >= 11 is 0. The number of carbonyl (C=O) groups is 1. The number of amides is 1.